The van der Waals surface area contributed by atoms with E-state index in [-0.39, 0.29) is 17.4 Å². The molecule has 0 aliphatic heterocycles. The molecule has 6 nitrogen and oxygen atoms in total. The highest BCUT2D eigenvalue weighted by Crippen LogP contribution is 2.15. The van der Waals surface area contributed by atoms with Gasteiger partial charge in [0.2, 0.25) is 0 Å². The van der Waals surface area contributed by atoms with E-state index in [0.717, 1.165) is 5.69 Å². The summed E-state index contributed by atoms with van der Waals surface area (Å²) < 4.78 is 4.42. The van der Waals surface area contributed by atoms with Crippen LogP contribution in [0.25, 0.3) is 0 Å². The number of nitrogens with zero attached hydrogens (tertiary/aromatic N) is 2. The van der Waals surface area contributed by atoms with Crippen molar-refractivity contribution in [2.45, 2.75) is 0 Å². The smallest absolute Gasteiger partial charge is 0.449 e. The number of hydrogen-bond donors (Lipinski definition) is 1. The quantitative estimate of drug-likeness (QED) is 0.868. The van der Waals surface area contributed by atoms with Gasteiger partial charge < -0.3 is 14.7 Å². The van der Waals surface area contributed by atoms with E-state index in [2.05, 4.69) is 9.72 Å². The van der Waals surface area contributed by atoms with Gasteiger partial charge in [-0.1, -0.05) is 18.2 Å². The lowest BCUT2D eigenvalue weighted by Gasteiger charge is -2.16. The van der Waals surface area contributed by atoms with Crippen LogP contribution in [-0.4, -0.2) is 29.2 Å². The maximum atomic E-state index is 12.2. The zero-order valence-electron chi connectivity index (χ0n) is 10.7. The molecular formula is C14H12N2O4. The SMILES string of the molecule is CN(C(=O)c1ccc(OC(=O)O)cn1)c1ccccc1. The number of hydrogen-bond acceptors (Lipinski definition) is 4. The zero-order valence-corrected chi connectivity index (χ0v) is 10.7. The van der Waals surface area contributed by atoms with Crippen molar-refractivity contribution < 1.29 is 19.4 Å². The topological polar surface area (TPSA) is 79.7 Å². The number of carboxylic acid groups (broad SMARTS) is 1. The molecule has 0 spiro atoms. The molecule has 0 aliphatic carbocycles. The molecule has 0 aliphatic rings. The largest absolute Gasteiger partial charge is 0.511 e. The molecule has 2 rings (SSSR count). The standard InChI is InChI=1S/C14H12N2O4/c1-16(10-5-3-2-4-6-10)13(17)12-8-7-11(9-15-12)20-14(18)19/h2-9H,1H3,(H,18,19). The molecular weight excluding hydrogens is 260 g/mol. The van der Waals surface area contributed by atoms with Crippen LogP contribution in [0.15, 0.2) is 48.7 Å². The maximum absolute atomic E-state index is 12.2. The highest BCUT2D eigenvalue weighted by Gasteiger charge is 2.14. The Morgan fingerprint density at radius 3 is 2.40 bits per heavy atom. The van der Waals surface area contributed by atoms with Gasteiger partial charge in [0.15, 0.2) is 5.75 Å². The third kappa shape index (κ3) is 3.11. The van der Waals surface area contributed by atoms with Gasteiger partial charge in [0.05, 0.1) is 6.20 Å². The van der Waals surface area contributed by atoms with E-state index in [1.807, 2.05) is 18.2 Å². The first-order chi connectivity index (χ1) is 9.58. The summed E-state index contributed by atoms with van der Waals surface area (Å²) in [6.07, 6.45) is -0.229. The molecule has 1 aromatic carbocycles. The summed E-state index contributed by atoms with van der Waals surface area (Å²) in [7, 11) is 1.64. The lowest BCUT2D eigenvalue weighted by Crippen LogP contribution is -2.26. The molecule has 0 radical (unpaired) electrons. The molecule has 0 atom stereocenters. The fourth-order valence-corrected chi connectivity index (χ4v) is 1.61. The number of benzene rings is 1. The molecule has 102 valence electrons. The number of amides is 1. The predicted octanol–water partition coefficient (Wildman–Crippen LogP) is 2.42. The number of carbonyl (C=O) groups is 2. The number of aromatic nitrogens is 1. The number of ether oxygens (including phenoxy) is 1. The van der Waals surface area contributed by atoms with Gasteiger partial charge in [0.25, 0.3) is 5.91 Å². The highest BCUT2D eigenvalue weighted by atomic mass is 16.7. The molecule has 0 unspecified atom stereocenters. The minimum absolute atomic E-state index is 0.0661. The molecule has 1 N–H and O–H groups in total. The van der Waals surface area contributed by atoms with Gasteiger partial charge in [0.1, 0.15) is 5.69 Å². The van der Waals surface area contributed by atoms with Gasteiger partial charge in [-0.15, -0.1) is 0 Å². The molecule has 2 aromatic rings. The van der Waals surface area contributed by atoms with Gasteiger partial charge in [-0.25, -0.2) is 9.78 Å². The van der Waals surface area contributed by atoms with Crippen LogP contribution in [-0.2, 0) is 0 Å². The average molecular weight is 272 g/mol. The van der Waals surface area contributed by atoms with E-state index in [0.29, 0.717) is 0 Å². The first-order valence-electron chi connectivity index (χ1n) is 5.78. The molecule has 1 amide bonds. The average Bonchev–Trinajstić information content (AvgIpc) is 2.47. The normalized spacial score (nSPS) is 9.85. The maximum Gasteiger partial charge on any atom is 0.511 e. The molecule has 0 saturated carbocycles. The summed E-state index contributed by atoms with van der Waals surface area (Å²) in [6.45, 7) is 0. The van der Waals surface area contributed by atoms with Gasteiger partial charge in [-0.05, 0) is 24.3 Å². The molecule has 0 fully saturated rings. The molecule has 1 aromatic heterocycles. The van der Waals surface area contributed by atoms with Gasteiger partial charge in [0, 0.05) is 12.7 Å². The Balaban J connectivity index is 2.15. The van der Waals surface area contributed by atoms with Crippen molar-refractivity contribution in [3.05, 3.63) is 54.4 Å². The lowest BCUT2D eigenvalue weighted by molar-refractivity contribution is 0.0988. The number of anilines is 1. The summed E-state index contributed by atoms with van der Waals surface area (Å²) in [5, 5.41) is 8.46. The Kier molecular flexibility index (Phi) is 3.95. The van der Waals surface area contributed by atoms with Crippen molar-refractivity contribution in [2.75, 3.05) is 11.9 Å². The molecule has 0 bridgehead atoms. The van der Waals surface area contributed by atoms with Crippen LogP contribution >= 0.6 is 0 Å². The third-order valence-electron chi connectivity index (χ3n) is 2.61. The van der Waals surface area contributed by atoms with Crippen LogP contribution in [0.2, 0.25) is 0 Å². The summed E-state index contributed by atoms with van der Waals surface area (Å²) in [4.78, 5) is 27.9. The van der Waals surface area contributed by atoms with Crippen molar-refractivity contribution in [3.63, 3.8) is 0 Å². The minimum atomic E-state index is -1.42. The second-order valence-corrected chi connectivity index (χ2v) is 3.95. The van der Waals surface area contributed by atoms with Crippen LogP contribution < -0.4 is 9.64 Å². The van der Waals surface area contributed by atoms with Crippen LogP contribution in [0.1, 0.15) is 10.5 Å². The number of rotatable bonds is 3. The van der Waals surface area contributed by atoms with E-state index in [1.165, 1.54) is 23.2 Å². The summed E-state index contributed by atoms with van der Waals surface area (Å²) in [5.74, 6) is -0.227. The zero-order chi connectivity index (χ0) is 14.5. The van der Waals surface area contributed by atoms with Crippen molar-refractivity contribution in [1.29, 1.82) is 0 Å². The fraction of sp³-hybridized carbons (Fsp3) is 0.0714. The number of para-hydroxylation sites is 1. The molecule has 0 saturated heterocycles. The number of pyridine rings is 1. The summed E-state index contributed by atoms with van der Waals surface area (Å²) >= 11 is 0. The van der Waals surface area contributed by atoms with E-state index in [9.17, 15) is 9.59 Å². The van der Waals surface area contributed by atoms with Crippen molar-refractivity contribution in [2.24, 2.45) is 0 Å². The van der Waals surface area contributed by atoms with Crippen LogP contribution in [0.5, 0.6) is 5.75 Å². The number of carbonyl (C=O) groups excluding carboxylic acids is 1. The van der Waals surface area contributed by atoms with E-state index < -0.39 is 6.16 Å². The Morgan fingerprint density at radius 2 is 1.85 bits per heavy atom. The second-order valence-electron chi connectivity index (χ2n) is 3.95. The van der Waals surface area contributed by atoms with Gasteiger partial charge in [-0.2, -0.15) is 0 Å². The van der Waals surface area contributed by atoms with Crippen molar-refractivity contribution in [1.82, 2.24) is 4.98 Å². The Hall–Kier alpha value is -2.89. The molecule has 6 heteroatoms. The second kappa shape index (κ2) is 5.83. The summed E-state index contributed by atoms with van der Waals surface area (Å²) in [5.41, 5.74) is 0.944. The first-order valence-corrected chi connectivity index (χ1v) is 5.78. The van der Waals surface area contributed by atoms with Gasteiger partial charge in [-0.3, -0.25) is 4.79 Å². The van der Waals surface area contributed by atoms with E-state index in [1.54, 1.807) is 19.2 Å². The monoisotopic (exact) mass is 272 g/mol. The van der Waals surface area contributed by atoms with E-state index in [4.69, 9.17) is 5.11 Å². The predicted molar refractivity (Wildman–Crippen MR) is 72.1 cm³/mol. The highest BCUT2D eigenvalue weighted by molar-refractivity contribution is 6.04. The summed E-state index contributed by atoms with van der Waals surface area (Å²) in [6, 6.07) is 11.9. The minimum Gasteiger partial charge on any atom is -0.449 e. The van der Waals surface area contributed by atoms with Crippen LogP contribution in [0, 0.1) is 0 Å². The van der Waals surface area contributed by atoms with Crippen LogP contribution in [0.3, 0.4) is 0 Å². The Bertz CT molecular complexity index is 611. The molecule has 20 heavy (non-hydrogen) atoms. The fourth-order valence-electron chi connectivity index (χ4n) is 1.61. The van der Waals surface area contributed by atoms with E-state index >= 15 is 0 Å². The Labute approximate surface area is 115 Å². The lowest BCUT2D eigenvalue weighted by atomic mass is 10.2. The van der Waals surface area contributed by atoms with Gasteiger partial charge >= 0.3 is 6.16 Å². The first kappa shape index (κ1) is 13.5. The molecule has 1 heterocycles. The third-order valence-corrected chi connectivity index (χ3v) is 2.61. The van der Waals surface area contributed by atoms with Crippen molar-refractivity contribution in [3.8, 4) is 5.75 Å². The Morgan fingerprint density at radius 1 is 1.15 bits per heavy atom. The van der Waals surface area contributed by atoms with Crippen LogP contribution in [0.4, 0.5) is 10.5 Å². The van der Waals surface area contributed by atoms with Crippen molar-refractivity contribution >= 4 is 17.7 Å².